The summed E-state index contributed by atoms with van der Waals surface area (Å²) >= 11 is 5.75. The van der Waals surface area contributed by atoms with Gasteiger partial charge in [-0.2, -0.15) is 4.98 Å². The van der Waals surface area contributed by atoms with E-state index in [4.69, 9.17) is 16.3 Å². The van der Waals surface area contributed by atoms with Gasteiger partial charge in [-0.25, -0.2) is 9.78 Å². The van der Waals surface area contributed by atoms with Crippen molar-refractivity contribution >= 4 is 29.1 Å². The molecule has 0 aliphatic carbocycles. The van der Waals surface area contributed by atoms with Gasteiger partial charge in [0.25, 0.3) is 0 Å². The largest absolute Gasteiger partial charge is 0.462 e. The molecule has 0 radical (unpaired) electrons. The third-order valence-electron chi connectivity index (χ3n) is 2.29. The Kier molecular flexibility index (Phi) is 4.30. The van der Waals surface area contributed by atoms with Crippen LogP contribution in [0.25, 0.3) is 0 Å². The van der Waals surface area contributed by atoms with E-state index in [9.17, 15) is 4.79 Å². The van der Waals surface area contributed by atoms with E-state index >= 15 is 0 Å². The number of nitrogens with zero attached hydrogens (tertiary/aromatic N) is 2. The van der Waals surface area contributed by atoms with Gasteiger partial charge in [0.15, 0.2) is 0 Å². The monoisotopic (exact) mass is 277 g/mol. The van der Waals surface area contributed by atoms with E-state index in [1.807, 2.05) is 30.3 Å². The van der Waals surface area contributed by atoms with Gasteiger partial charge in [0.2, 0.25) is 5.28 Å². The summed E-state index contributed by atoms with van der Waals surface area (Å²) in [6, 6.07) is 9.34. The van der Waals surface area contributed by atoms with E-state index in [0.29, 0.717) is 5.82 Å². The maximum atomic E-state index is 11.8. The molecule has 1 N–H and O–H groups in total. The van der Waals surface area contributed by atoms with Crippen LogP contribution < -0.4 is 5.32 Å². The third-order valence-corrected chi connectivity index (χ3v) is 2.47. The minimum Gasteiger partial charge on any atom is -0.462 e. The minimum absolute atomic E-state index is 0.0616. The number of esters is 1. The number of ether oxygens (including phenoxy) is 1. The Bertz CT molecular complexity index is 575. The Morgan fingerprint density at radius 2 is 2.11 bits per heavy atom. The summed E-state index contributed by atoms with van der Waals surface area (Å²) in [5, 5.41) is 3.08. The third kappa shape index (κ3) is 3.42. The van der Waals surface area contributed by atoms with Crippen LogP contribution in [0.4, 0.5) is 11.5 Å². The molecule has 5 nitrogen and oxygen atoms in total. The van der Waals surface area contributed by atoms with Crippen molar-refractivity contribution in [2.24, 2.45) is 0 Å². The first-order chi connectivity index (χ1) is 9.20. The first-order valence-electron chi connectivity index (χ1n) is 5.72. The normalized spacial score (nSPS) is 10.0. The Balaban J connectivity index is 2.32. The smallest absolute Gasteiger partial charge is 0.343 e. The molecule has 0 saturated carbocycles. The molecule has 0 aliphatic rings. The first-order valence-corrected chi connectivity index (χ1v) is 6.10. The SMILES string of the molecule is CCOC(=O)c1cnc(Cl)nc1Nc1ccccc1. The Morgan fingerprint density at radius 3 is 2.79 bits per heavy atom. The molecule has 6 heteroatoms. The highest BCUT2D eigenvalue weighted by Crippen LogP contribution is 2.20. The van der Waals surface area contributed by atoms with Gasteiger partial charge in [-0.3, -0.25) is 0 Å². The van der Waals surface area contributed by atoms with Crippen molar-refractivity contribution < 1.29 is 9.53 Å². The van der Waals surface area contributed by atoms with Gasteiger partial charge in [-0.05, 0) is 30.7 Å². The molecule has 1 aromatic heterocycles. The molecule has 0 bridgehead atoms. The lowest BCUT2D eigenvalue weighted by Crippen LogP contribution is -2.10. The summed E-state index contributed by atoms with van der Waals surface area (Å²) in [4.78, 5) is 19.6. The summed E-state index contributed by atoms with van der Waals surface area (Å²) in [7, 11) is 0. The lowest BCUT2D eigenvalue weighted by molar-refractivity contribution is 0.0526. The predicted octanol–water partition coefficient (Wildman–Crippen LogP) is 3.05. The molecule has 98 valence electrons. The molecule has 0 fully saturated rings. The molecule has 0 unspecified atom stereocenters. The van der Waals surface area contributed by atoms with Crippen molar-refractivity contribution in [3.8, 4) is 0 Å². The number of nitrogens with one attached hydrogen (secondary N) is 1. The number of hydrogen-bond acceptors (Lipinski definition) is 5. The highest BCUT2D eigenvalue weighted by atomic mass is 35.5. The molecule has 19 heavy (non-hydrogen) atoms. The molecular weight excluding hydrogens is 266 g/mol. The van der Waals surface area contributed by atoms with Crippen LogP contribution in [0.3, 0.4) is 0 Å². The van der Waals surface area contributed by atoms with Gasteiger partial charge < -0.3 is 10.1 Å². The van der Waals surface area contributed by atoms with Crippen LogP contribution >= 0.6 is 11.6 Å². The lowest BCUT2D eigenvalue weighted by atomic mass is 10.2. The van der Waals surface area contributed by atoms with E-state index in [-0.39, 0.29) is 17.5 Å². The second-order valence-electron chi connectivity index (χ2n) is 3.61. The highest BCUT2D eigenvalue weighted by molar-refractivity contribution is 6.28. The summed E-state index contributed by atoms with van der Waals surface area (Å²) in [6.07, 6.45) is 1.35. The Morgan fingerprint density at radius 1 is 1.37 bits per heavy atom. The topological polar surface area (TPSA) is 64.1 Å². The summed E-state index contributed by atoms with van der Waals surface area (Å²) in [6.45, 7) is 2.02. The van der Waals surface area contributed by atoms with Crippen molar-refractivity contribution in [1.82, 2.24) is 9.97 Å². The van der Waals surface area contributed by atoms with Crippen LogP contribution in [0.15, 0.2) is 36.5 Å². The highest BCUT2D eigenvalue weighted by Gasteiger charge is 2.15. The minimum atomic E-state index is -0.488. The number of rotatable bonds is 4. The van der Waals surface area contributed by atoms with Crippen LogP contribution in [0.1, 0.15) is 17.3 Å². The van der Waals surface area contributed by atoms with Crippen LogP contribution in [0, 0.1) is 0 Å². The van der Waals surface area contributed by atoms with Crippen LogP contribution in [-0.4, -0.2) is 22.5 Å². The van der Waals surface area contributed by atoms with Crippen molar-refractivity contribution in [2.45, 2.75) is 6.92 Å². The van der Waals surface area contributed by atoms with Crippen molar-refractivity contribution in [1.29, 1.82) is 0 Å². The quantitative estimate of drug-likeness (QED) is 0.687. The molecule has 0 spiro atoms. The second kappa shape index (κ2) is 6.15. The summed E-state index contributed by atoms with van der Waals surface area (Å²) in [5.74, 6) is -0.165. The zero-order chi connectivity index (χ0) is 13.7. The van der Waals surface area contributed by atoms with Gasteiger partial charge in [0.1, 0.15) is 11.4 Å². The first kappa shape index (κ1) is 13.3. The van der Waals surface area contributed by atoms with E-state index in [1.165, 1.54) is 6.20 Å². The predicted molar refractivity (Wildman–Crippen MR) is 72.7 cm³/mol. The second-order valence-corrected chi connectivity index (χ2v) is 3.95. The molecule has 0 saturated heterocycles. The van der Waals surface area contributed by atoms with Crippen LogP contribution in [-0.2, 0) is 4.74 Å². The fourth-order valence-corrected chi connectivity index (χ4v) is 1.61. The maximum absolute atomic E-state index is 11.8. The van der Waals surface area contributed by atoms with E-state index in [1.54, 1.807) is 6.92 Å². The van der Waals surface area contributed by atoms with Crippen molar-refractivity contribution in [3.63, 3.8) is 0 Å². The maximum Gasteiger partial charge on any atom is 0.343 e. The number of halogens is 1. The van der Waals surface area contributed by atoms with Crippen molar-refractivity contribution in [3.05, 3.63) is 47.4 Å². The molecule has 2 aromatic rings. The average molecular weight is 278 g/mol. The Hall–Kier alpha value is -2.14. The lowest BCUT2D eigenvalue weighted by Gasteiger charge is -2.10. The number of carbonyl (C=O) groups excluding carboxylic acids is 1. The molecule has 2 rings (SSSR count). The van der Waals surface area contributed by atoms with E-state index < -0.39 is 5.97 Å². The standard InChI is InChI=1S/C13H12ClN3O2/c1-2-19-12(18)10-8-15-13(14)17-11(10)16-9-6-4-3-5-7-9/h3-8H,2H2,1H3,(H,15,16,17). The number of anilines is 2. The van der Waals surface area contributed by atoms with E-state index in [2.05, 4.69) is 15.3 Å². The molecule has 1 aromatic carbocycles. The molecule has 0 atom stereocenters. The zero-order valence-electron chi connectivity index (χ0n) is 10.3. The van der Waals surface area contributed by atoms with Gasteiger partial charge in [0, 0.05) is 11.9 Å². The summed E-state index contributed by atoms with van der Waals surface area (Å²) in [5.41, 5.74) is 1.04. The zero-order valence-corrected chi connectivity index (χ0v) is 11.0. The van der Waals surface area contributed by atoms with Gasteiger partial charge in [-0.15, -0.1) is 0 Å². The molecule has 0 aliphatic heterocycles. The fourth-order valence-electron chi connectivity index (χ4n) is 1.47. The van der Waals surface area contributed by atoms with Crippen LogP contribution in [0.2, 0.25) is 5.28 Å². The number of carbonyl (C=O) groups is 1. The van der Waals surface area contributed by atoms with Crippen molar-refractivity contribution in [2.75, 3.05) is 11.9 Å². The molecule has 0 amide bonds. The van der Waals surface area contributed by atoms with E-state index in [0.717, 1.165) is 5.69 Å². The number of aromatic nitrogens is 2. The average Bonchev–Trinajstić information content (AvgIpc) is 2.40. The fraction of sp³-hybridized carbons (Fsp3) is 0.154. The van der Waals surface area contributed by atoms with Crippen LogP contribution in [0.5, 0.6) is 0 Å². The molecule has 1 heterocycles. The molecular formula is C13H12ClN3O2. The van der Waals surface area contributed by atoms with Gasteiger partial charge >= 0.3 is 5.97 Å². The van der Waals surface area contributed by atoms with Gasteiger partial charge in [-0.1, -0.05) is 18.2 Å². The Labute approximate surface area is 115 Å². The number of hydrogen-bond donors (Lipinski definition) is 1. The van der Waals surface area contributed by atoms with Gasteiger partial charge in [0.05, 0.1) is 6.61 Å². The number of benzene rings is 1. The number of para-hydroxylation sites is 1. The summed E-state index contributed by atoms with van der Waals surface area (Å²) < 4.78 is 4.94.